The minimum atomic E-state index is -0.720. The van der Waals surface area contributed by atoms with Crippen molar-refractivity contribution in [3.05, 3.63) is 40.9 Å². The number of amides is 1. The van der Waals surface area contributed by atoms with Crippen LogP contribution in [0.5, 0.6) is 0 Å². The Morgan fingerprint density at radius 1 is 1.22 bits per heavy atom. The maximum absolute atomic E-state index is 11.8. The third-order valence-corrected chi connectivity index (χ3v) is 6.76. The summed E-state index contributed by atoms with van der Waals surface area (Å²) in [5.74, 6) is -0.668. The van der Waals surface area contributed by atoms with E-state index in [0.29, 0.717) is 24.1 Å². The molecule has 27 heavy (non-hydrogen) atoms. The standard InChI is InChI=1S/C20H23N3O3S/c21-18(24)12-5-7-13(8-6-12)19-22-15(11-27-19)10-23-16-4-2-1-3-14(16)9-17(23)20(25)26/h5-8,11,14,16-17H,1-4,9-10H2,(H2,21,24)(H,25,26). The highest BCUT2D eigenvalue weighted by Gasteiger charge is 2.45. The number of fused-ring (bicyclic) bond motifs is 1. The van der Waals surface area contributed by atoms with Crippen molar-refractivity contribution < 1.29 is 14.7 Å². The number of carboxylic acids is 1. The molecule has 4 rings (SSSR count). The number of carbonyl (C=O) groups excluding carboxylic acids is 1. The smallest absolute Gasteiger partial charge is 0.320 e. The van der Waals surface area contributed by atoms with Gasteiger partial charge in [-0.3, -0.25) is 14.5 Å². The van der Waals surface area contributed by atoms with Crippen molar-refractivity contribution in [3.8, 4) is 10.6 Å². The first kappa shape index (κ1) is 18.1. The molecule has 7 heteroatoms. The number of primary amides is 1. The van der Waals surface area contributed by atoms with Crippen molar-refractivity contribution in [1.29, 1.82) is 0 Å². The second-order valence-electron chi connectivity index (χ2n) is 7.46. The van der Waals surface area contributed by atoms with Crippen molar-refractivity contribution in [2.45, 2.75) is 50.7 Å². The number of nitrogens with two attached hydrogens (primary N) is 1. The van der Waals surface area contributed by atoms with Gasteiger partial charge >= 0.3 is 5.97 Å². The average Bonchev–Trinajstić information content (AvgIpc) is 3.27. The molecule has 3 atom stereocenters. The summed E-state index contributed by atoms with van der Waals surface area (Å²) in [6, 6.07) is 7.04. The molecule has 1 aliphatic carbocycles. The van der Waals surface area contributed by atoms with Gasteiger partial charge in [0.05, 0.1) is 5.69 Å². The van der Waals surface area contributed by atoms with E-state index in [2.05, 4.69) is 4.90 Å². The lowest BCUT2D eigenvalue weighted by Crippen LogP contribution is -2.41. The number of aromatic nitrogens is 1. The van der Waals surface area contributed by atoms with Gasteiger partial charge in [0.25, 0.3) is 0 Å². The number of carboxylic acid groups (broad SMARTS) is 1. The zero-order chi connectivity index (χ0) is 19.0. The molecule has 2 aromatic rings. The van der Waals surface area contributed by atoms with Crippen LogP contribution in [-0.2, 0) is 11.3 Å². The fourth-order valence-electron chi connectivity index (χ4n) is 4.50. The molecule has 0 radical (unpaired) electrons. The molecule has 142 valence electrons. The van der Waals surface area contributed by atoms with Gasteiger partial charge in [0.1, 0.15) is 11.0 Å². The normalized spacial score (nSPS) is 25.3. The van der Waals surface area contributed by atoms with Gasteiger partial charge in [0, 0.05) is 29.1 Å². The van der Waals surface area contributed by atoms with E-state index in [1.807, 2.05) is 17.5 Å². The molecule has 1 aliphatic heterocycles. The quantitative estimate of drug-likeness (QED) is 0.824. The first-order valence-electron chi connectivity index (χ1n) is 9.36. The SMILES string of the molecule is NC(=O)c1ccc(-c2nc(CN3C(C(=O)O)CC4CCCCC43)cs2)cc1. The Hall–Kier alpha value is -2.25. The Bertz CT molecular complexity index is 848. The summed E-state index contributed by atoms with van der Waals surface area (Å²) in [6.07, 6.45) is 5.37. The van der Waals surface area contributed by atoms with Crippen LogP contribution in [0.25, 0.3) is 10.6 Å². The first-order chi connectivity index (χ1) is 13.0. The summed E-state index contributed by atoms with van der Waals surface area (Å²) < 4.78 is 0. The summed E-state index contributed by atoms with van der Waals surface area (Å²) in [5, 5.41) is 12.5. The number of aliphatic carboxylic acids is 1. The summed E-state index contributed by atoms with van der Waals surface area (Å²) in [5.41, 5.74) is 7.60. The van der Waals surface area contributed by atoms with Crippen molar-refractivity contribution in [2.24, 2.45) is 11.7 Å². The van der Waals surface area contributed by atoms with Gasteiger partial charge in [0.15, 0.2) is 0 Å². The predicted molar refractivity (Wildman–Crippen MR) is 103 cm³/mol. The van der Waals surface area contributed by atoms with E-state index in [1.165, 1.54) is 24.2 Å². The lowest BCUT2D eigenvalue weighted by atomic mass is 9.85. The van der Waals surface area contributed by atoms with Gasteiger partial charge in [-0.15, -0.1) is 11.3 Å². The van der Waals surface area contributed by atoms with E-state index in [1.54, 1.807) is 12.1 Å². The van der Waals surface area contributed by atoms with Gasteiger partial charge in [0.2, 0.25) is 5.91 Å². The molecule has 2 heterocycles. The Morgan fingerprint density at radius 3 is 2.67 bits per heavy atom. The van der Waals surface area contributed by atoms with E-state index in [-0.39, 0.29) is 0 Å². The average molecular weight is 385 g/mol. The molecule has 1 amide bonds. The Labute approximate surface area is 162 Å². The highest BCUT2D eigenvalue weighted by Crippen LogP contribution is 2.40. The van der Waals surface area contributed by atoms with Gasteiger partial charge in [-0.25, -0.2) is 4.98 Å². The molecule has 1 aromatic heterocycles. The second kappa shape index (κ2) is 7.40. The van der Waals surface area contributed by atoms with Crippen LogP contribution in [0.15, 0.2) is 29.6 Å². The first-order valence-corrected chi connectivity index (χ1v) is 10.2. The zero-order valence-electron chi connectivity index (χ0n) is 15.0. The van der Waals surface area contributed by atoms with Crippen LogP contribution in [0.4, 0.5) is 0 Å². The van der Waals surface area contributed by atoms with Crippen LogP contribution in [0.3, 0.4) is 0 Å². The lowest BCUT2D eigenvalue weighted by Gasteiger charge is -2.32. The molecule has 3 N–H and O–H groups in total. The fraction of sp³-hybridized carbons (Fsp3) is 0.450. The van der Waals surface area contributed by atoms with E-state index >= 15 is 0 Å². The van der Waals surface area contributed by atoms with Crippen LogP contribution in [0.1, 0.15) is 48.2 Å². The van der Waals surface area contributed by atoms with E-state index in [9.17, 15) is 14.7 Å². The number of benzene rings is 1. The summed E-state index contributed by atoms with van der Waals surface area (Å²) in [6.45, 7) is 0.577. The van der Waals surface area contributed by atoms with Gasteiger partial charge in [-0.05, 0) is 37.3 Å². The third kappa shape index (κ3) is 3.61. The molecule has 0 bridgehead atoms. The van der Waals surface area contributed by atoms with Crippen LogP contribution >= 0.6 is 11.3 Å². The molecule has 1 saturated heterocycles. The van der Waals surface area contributed by atoms with Crippen molar-refractivity contribution in [2.75, 3.05) is 0 Å². The number of hydrogen-bond donors (Lipinski definition) is 2. The molecule has 2 fully saturated rings. The maximum Gasteiger partial charge on any atom is 0.320 e. The van der Waals surface area contributed by atoms with Gasteiger partial charge < -0.3 is 10.8 Å². The molecule has 1 saturated carbocycles. The number of hydrogen-bond acceptors (Lipinski definition) is 5. The number of thiazole rings is 1. The van der Waals surface area contributed by atoms with E-state index in [0.717, 1.165) is 35.5 Å². The maximum atomic E-state index is 11.8. The van der Waals surface area contributed by atoms with Gasteiger partial charge in [-0.2, -0.15) is 0 Å². The molecular weight excluding hydrogens is 362 g/mol. The molecule has 2 aliphatic rings. The lowest BCUT2D eigenvalue weighted by molar-refractivity contribution is -0.142. The molecule has 3 unspecified atom stereocenters. The third-order valence-electron chi connectivity index (χ3n) is 5.82. The molecular formula is C20H23N3O3S. The van der Waals surface area contributed by atoms with Crippen molar-refractivity contribution in [1.82, 2.24) is 9.88 Å². The summed E-state index contributed by atoms with van der Waals surface area (Å²) in [4.78, 5) is 29.8. The number of rotatable bonds is 5. The number of nitrogens with zero attached hydrogens (tertiary/aromatic N) is 2. The number of likely N-dealkylation sites (tertiary alicyclic amines) is 1. The van der Waals surface area contributed by atoms with Crippen LogP contribution in [-0.4, -0.2) is 39.0 Å². The summed E-state index contributed by atoms with van der Waals surface area (Å²) in [7, 11) is 0. The second-order valence-corrected chi connectivity index (χ2v) is 8.32. The molecule has 1 aromatic carbocycles. The van der Waals surface area contributed by atoms with Crippen molar-refractivity contribution in [3.63, 3.8) is 0 Å². The Balaban J connectivity index is 1.52. The highest BCUT2D eigenvalue weighted by molar-refractivity contribution is 7.13. The fourth-order valence-corrected chi connectivity index (χ4v) is 5.32. The van der Waals surface area contributed by atoms with E-state index in [4.69, 9.17) is 10.7 Å². The molecule has 0 spiro atoms. The topological polar surface area (TPSA) is 96.5 Å². The van der Waals surface area contributed by atoms with Crippen LogP contribution in [0.2, 0.25) is 0 Å². The van der Waals surface area contributed by atoms with Crippen LogP contribution < -0.4 is 5.73 Å². The Morgan fingerprint density at radius 2 is 1.96 bits per heavy atom. The minimum Gasteiger partial charge on any atom is -0.480 e. The predicted octanol–water partition coefficient (Wildman–Crippen LogP) is 3.13. The largest absolute Gasteiger partial charge is 0.480 e. The van der Waals surface area contributed by atoms with E-state index < -0.39 is 17.9 Å². The monoisotopic (exact) mass is 385 g/mol. The van der Waals surface area contributed by atoms with Gasteiger partial charge in [-0.1, -0.05) is 25.0 Å². The highest BCUT2D eigenvalue weighted by atomic mass is 32.1. The Kier molecular flexibility index (Phi) is 4.97. The van der Waals surface area contributed by atoms with Crippen LogP contribution in [0, 0.1) is 5.92 Å². The number of carbonyl (C=O) groups is 2. The minimum absolute atomic E-state index is 0.361. The summed E-state index contributed by atoms with van der Waals surface area (Å²) >= 11 is 1.54. The van der Waals surface area contributed by atoms with Crippen molar-refractivity contribution >= 4 is 23.2 Å². The molecule has 6 nitrogen and oxygen atoms in total. The zero-order valence-corrected chi connectivity index (χ0v) is 15.8.